The van der Waals surface area contributed by atoms with E-state index in [-0.39, 0.29) is 11.9 Å². The van der Waals surface area contributed by atoms with E-state index in [0.29, 0.717) is 11.3 Å². The molecule has 0 spiro atoms. The van der Waals surface area contributed by atoms with Crippen LogP contribution in [0.5, 0.6) is 0 Å². The van der Waals surface area contributed by atoms with Crippen molar-refractivity contribution in [2.45, 2.75) is 32.7 Å². The van der Waals surface area contributed by atoms with Gasteiger partial charge in [-0.15, -0.1) is 0 Å². The lowest BCUT2D eigenvalue weighted by atomic mass is 10.1. The number of rotatable bonds is 5. The molecule has 0 aliphatic heterocycles. The number of carbonyl (C=O) groups excluding carboxylic acids is 1. The van der Waals surface area contributed by atoms with Crippen molar-refractivity contribution in [1.82, 2.24) is 9.88 Å². The summed E-state index contributed by atoms with van der Waals surface area (Å²) in [5.41, 5.74) is 3.59. The summed E-state index contributed by atoms with van der Waals surface area (Å²) < 4.78 is 0. The van der Waals surface area contributed by atoms with E-state index < -0.39 is 0 Å². The average molecular weight is 236 g/mol. The van der Waals surface area contributed by atoms with Crippen molar-refractivity contribution in [2.24, 2.45) is 5.84 Å². The minimum absolute atomic E-state index is 0.0405. The number of nitrogens with two attached hydrogens (primary N) is 1. The molecule has 0 aliphatic rings. The Morgan fingerprint density at radius 1 is 1.65 bits per heavy atom. The Balaban J connectivity index is 2.88. The van der Waals surface area contributed by atoms with Gasteiger partial charge in [-0.1, -0.05) is 13.3 Å². The van der Waals surface area contributed by atoms with Crippen LogP contribution in [0.1, 0.15) is 37.0 Å². The summed E-state index contributed by atoms with van der Waals surface area (Å²) in [5, 5.41) is 0. The summed E-state index contributed by atoms with van der Waals surface area (Å²) in [7, 11) is 1.81. The van der Waals surface area contributed by atoms with Gasteiger partial charge in [-0.2, -0.15) is 0 Å². The first-order valence-corrected chi connectivity index (χ1v) is 5.79. The molecule has 1 heterocycles. The molecular weight excluding hydrogens is 216 g/mol. The average Bonchev–Trinajstić information content (AvgIpc) is 2.37. The standard InChI is InChI=1S/C12H20N4O/c1-4-5-9(2)16(3)12(17)10-6-7-14-8-11(10)15-13/h6-9,15H,4-5,13H2,1-3H3. The molecule has 0 aromatic carbocycles. The van der Waals surface area contributed by atoms with E-state index in [9.17, 15) is 4.79 Å². The molecular formula is C12H20N4O. The molecule has 0 saturated heterocycles. The summed E-state index contributed by atoms with van der Waals surface area (Å²) in [6, 6.07) is 1.89. The largest absolute Gasteiger partial charge is 0.339 e. The number of carbonyl (C=O) groups is 1. The lowest BCUT2D eigenvalue weighted by molar-refractivity contribution is 0.0737. The molecule has 0 bridgehead atoms. The molecule has 1 aromatic rings. The van der Waals surface area contributed by atoms with E-state index in [0.717, 1.165) is 12.8 Å². The van der Waals surface area contributed by atoms with Gasteiger partial charge in [0.15, 0.2) is 0 Å². The second kappa shape index (κ2) is 6.20. The molecule has 1 amide bonds. The van der Waals surface area contributed by atoms with Crippen LogP contribution >= 0.6 is 0 Å². The zero-order valence-electron chi connectivity index (χ0n) is 10.6. The van der Waals surface area contributed by atoms with Crippen LogP contribution in [0.4, 0.5) is 5.69 Å². The third-order valence-electron chi connectivity index (χ3n) is 2.89. The fourth-order valence-electron chi connectivity index (χ4n) is 1.70. The molecule has 0 radical (unpaired) electrons. The monoisotopic (exact) mass is 236 g/mol. The van der Waals surface area contributed by atoms with Crippen molar-refractivity contribution in [3.63, 3.8) is 0 Å². The van der Waals surface area contributed by atoms with E-state index in [1.807, 2.05) is 14.0 Å². The van der Waals surface area contributed by atoms with Crippen molar-refractivity contribution in [1.29, 1.82) is 0 Å². The minimum atomic E-state index is -0.0405. The van der Waals surface area contributed by atoms with E-state index in [1.54, 1.807) is 23.4 Å². The molecule has 1 rings (SSSR count). The lowest BCUT2D eigenvalue weighted by Crippen LogP contribution is -2.35. The number of nitrogens with one attached hydrogen (secondary N) is 1. The molecule has 5 heteroatoms. The van der Waals surface area contributed by atoms with Crippen LogP contribution in [-0.4, -0.2) is 28.9 Å². The number of pyridine rings is 1. The van der Waals surface area contributed by atoms with Crippen molar-refractivity contribution in [3.05, 3.63) is 24.0 Å². The Hall–Kier alpha value is -1.62. The van der Waals surface area contributed by atoms with Gasteiger partial charge in [-0.3, -0.25) is 15.6 Å². The van der Waals surface area contributed by atoms with Gasteiger partial charge >= 0.3 is 0 Å². The Morgan fingerprint density at radius 3 is 2.94 bits per heavy atom. The third-order valence-corrected chi connectivity index (χ3v) is 2.89. The van der Waals surface area contributed by atoms with Crippen LogP contribution in [-0.2, 0) is 0 Å². The fraction of sp³-hybridized carbons (Fsp3) is 0.500. The quantitative estimate of drug-likeness (QED) is 0.602. The summed E-state index contributed by atoms with van der Waals surface area (Å²) in [6.07, 6.45) is 5.17. The molecule has 0 fully saturated rings. The smallest absolute Gasteiger partial charge is 0.256 e. The van der Waals surface area contributed by atoms with E-state index in [1.165, 1.54) is 0 Å². The second-order valence-corrected chi connectivity index (χ2v) is 4.12. The van der Waals surface area contributed by atoms with Crippen molar-refractivity contribution in [3.8, 4) is 0 Å². The maximum absolute atomic E-state index is 12.2. The van der Waals surface area contributed by atoms with Gasteiger partial charge in [0.2, 0.25) is 0 Å². The van der Waals surface area contributed by atoms with Crippen LogP contribution in [0.15, 0.2) is 18.5 Å². The molecule has 17 heavy (non-hydrogen) atoms. The second-order valence-electron chi connectivity index (χ2n) is 4.12. The molecule has 94 valence electrons. The number of amides is 1. The first-order chi connectivity index (χ1) is 8.11. The molecule has 5 nitrogen and oxygen atoms in total. The highest BCUT2D eigenvalue weighted by Gasteiger charge is 2.19. The van der Waals surface area contributed by atoms with Gasteiger partial charge in [0, 0.05) is 19.3 Å². The van der Waals surface area contributed by atoms with Crippen LogP contribution in [0.2, 0.25) is 0 Å². The molecule has 1 unspecified atom stereocenters. The summed E-state index contributed by atoms with van der Waals surface area (Å²) in [6.45, 7) is 4.15. The number of hydrogen-bond acceptors (Lipinski definition) is 4. The maximum atomic E-state index is 12.2. The predicted octanol–water partition coefficient (Wildman–Crippen LogP) is 1.63. The van der Waals surface area contributed by atoms with Gasteiger partial charge < -0.3 is 10.3 Å². The lowest BCUT2D eigenvalue weighted by Gasteiger charge is -2.25. The normalized spacial score (nSPS) is 12.0. The highest BCUT2D eigenvalue weighted by molar-refractivity contribution is 5.99. The Kier molecular flexibility index (Phi) is 4.90. The summed E-state index contributed by atoms with van der Waals surface area (Å²) in [4.78, 5) is 17.9. The fourth-order valence-corrected chi connectivity index (χ4v) is 1.70. The number of nitrogens with zero attached hydrogens (tertiary/aromatic N) is 2. The first-order valence-electron chi connectivity index (χ1n) is 5.79. The van der Waals surface area contributed by atoms with Crippen LogP contribution in [0, 0.1) is 0 Å². The summed E-state index contributed by atoms with van der Waals surface area (Å²) >= 11 is 0. The number of hydrazine groups is 1. The zero-order chi connectivity index (χ0) is 12.8. The van der Waals surface area contributed by atoms with Gasteiger partial charge in [-0.25, -0.2) is 0 Å². The van der Waals surface area contributed by atoms with Crippen molar-refractivity contribution in [2.75, 3.05) is 12.5 Å². The van der Waals surface area contributed by atoms with Crippen LogP contribution < -0.4 is 11.3 Å². The molecule has 0 saturated carbocycles. The molecule has 1 aromatic heterocycles. The number of hydrogen-bond donors (Lipinski definition) is 2. The summed E-state index contributed by atoms with van der Waals surface area (Å²) in [5.74, 6) is 5.32. The molecule has 0 aliphatic carbocycles. The zero-order valence-corrected chi connectivity index (χ0v) is 10.6. The Bertz CT molecular complexity index is 381. The number of nitrogen functional groups attached to an aromatic ring is 1. The van der Waals surface area contributed by atoms with Crippen LogP contribution in [0.3, 0.4) is 0 Å². The van der Waals surface area contributed by atoms with E-state index >= 15 is 0 Å². The van der Waals surface area contributed by atoms with Gasteiger partial charge in [0.25, 0.3) is 5.91 Å². The van der Waals surface area contributed by atoms with Gasteiger partial charge in [0.05, 0.1) is 17.4 Å². The van der Waals surface area contributed by atoms with Crippen molar-refractivity contribution >= 4 is 11.6 Å². The number of anilines is 1. The van der Waals surface area contributed by atoms with Gasteiger partial charge in [0.1, 0.15) is 0 Å². The maximum Gasteiger partial charge on any atom is 0.256 e. The molecule has 3 N–H and O–H groups in total. The highest BCUT2D eigenvalue weighted by atomic mass is 16.2. The topological polar surface area (TPSA) is 71.2 Å². The van der Waals surface area contributed by atoms with Crippen LogP contribution in [0.25, 0.3) is 0 Å². The SMILES string of the molecule is CCCC(C)N(C)C(=O)c1ccncc1NN. The van der Waals surface area contributed by atoms with Crippen molar-refractivity contribution < 1.29 is 4.79 Å². The Morgan fingerprint density at radius 2 is 2.35 bits per heavy atom. The third kappa shape index (κ3) is 3.17. The van der Waals surface area contributed by atoms with E-state index in [4.69, 9.17) is 5.84 Å². The van der Waals surface area contributed by atoms with Gasteiger partial charge in [-0.05, 0) is 19.4 Å². The predicted molar refractivity (Wildman–Crippen MR) is 68.5 cm³/mol. The van der Waals surface area contributed by atoms with E-state index in [2.05, 4.69) is 17.3 Å². The highest BCUT2D eigenvalue weighted by Crippen LogP contribution is 2.16. The number of aromatic nitrogens is 1. The Labute approximate surface area is 102 Å². The molecule has 1 atom stereocenters. The first kappa shape index (κ1) is 13.4. The minimum Gasteiger partial charge on any atom is -0.339 e.